The Morgan fingerprint density at radius 2 is 1.87 bits per heavy atom. The van der Waals surface area contributed by atoms with Gasteiger partial charge in [-0.05, 0) is 48.5 Å². The lowest BCUT2D eigenvalue weighted by Crippen LogP contribution is -2.31. The highest BCUT2D eigenvalue weighted by molar-refractivity contribution is 6.04. The third kappa shape index (κ3) is 5.51. The fourth-order valence-electron chi connectivity index (χ4n) is 4.20. The zero-order valence-electron chi connectivity index (χ0n) is 20.3. The van der Waals surface area contributed by atoms with Crippen LogP contribution in [-0.4, -0.2) is 34.5 Å². The van der Waals surface area contributed by atoms with E-state index < -0.39 is 17.6 Å². The van der Waals surface area contributed by atoms with E-state index in [1.165, 1.54) is 12.1 Å². The minimum absolute atomic E-state index is 0.0857. The fraction of sp³-hybridized carbons (Fsp3) is 0.185. The van der Waals surface area contributed by atoms with E-state index in [0.717, 1.165) is 34.8 Å². The van der Waals surface area contributed by atoms with Crippen LogP contribution in [0.15, 0.2) is 73.2 Å². The molecule has 38 heavy (non-hydrogen) atoms. The monoisotopic (exact) mass is 520 g/mol. The number of anilines is 4. The fourth-order valence-corrected chi connectivity index (χ4v) is 4.20. The molecule has 5 rings (SSSR count). The van der Waals surface area contributed by atoms with Crippen LogP contribution < -0.4 is 20.3 Å². The van der Waals surface area contributed by atoms with Crippen LogP contribution in [0.25, 0.3) is 0 Å². The predicted molar refractivity (Wildman–Crippen MR) is 137 cm³/mol. The highest BCUT2D eigenvalue weighted by atomic mass is 19.4. The molecule has 0 fully saturated rings. The number of aromatic nitrogens is 3. The number of halogens is 3. The number of rotatable bonds is 6. The molecule has 0 saturated heterocycles. The third-order valence-electron chi connectivity index (χ3n) is 6.10. The maximum absolute atomic E-state index is 13.1. The van der Waals surface area contributed by atoms with E-state index in [-0.39, 0.29) is 5.56 Å². The van der Waals surface area contributed by atoms with E-state index in [9.17, 15) is 18.0 Å². The molecule has 1 amide bonds. The number of ether oxygens (including phenoxy) is 1. The van der Waals surface area contributed by atoms with Gasteiger partial charge in [-0.3, -0.25) is 9.78 Å². The number of hydrogen-bond donors (Lipinski definition) is 2. The van der Waals surface area contributed by atoms with Crippen LogP contribution in [0.2, 0.25) is 0 Å². The second-order valence-electron chi connectivity index (χ2n) is 8.62. The van der Waals surface area contributed by atoms with E-state index >= 15 is 0 Å². The molecular weight excluding hydrogens is 497 g/mol. The SMILES string of the molecule is COc1ccc(NC(=O)c2cccc(C(F)(F)F)c2)cc1N1CCc2nc(Nc3ccncc3)ncc2C1. The normalized spacial score (nSPS) is 13.0. The van der Waals surface area contributed by atoms with Crippen LogP contribution in [0.3, 0.4) is 0 Å². The number of nitrogens with zero attached hydrogens (tertiary/aromatic N) is 4. The van der Waals surface area contributed by atoms with Crippen molar-refractivity contribution in [2.45, 2.75) is 19.1 Å². The zero-order chi connectivity index (χ0) is 26.7. The molecule has 0 radical (unpaired) electrons. The molecule has 0 saturated carbocycles. The van der Waals surface area contributed by atoms with Gasteiger partial charge in [-0.2, -0.15) is 13.2 Å². The Labute approximate surface area is 216 Å². The van der Waals surface area contributed by atoms with Crippen LogP contribution in [0, 0.1) is 0 Å². The molecule has 3 heterocycles. The third-order valence-corrected chi connectivity index (χ3v) is 6.10. The molecule has 1 aliphatic heterocycles. The van der Waals surface area contributed by atoms with Crippen molar-refractivity contribution in [1.29, 1.82) is 0 Å². The summed E-state index contributed by atoms with van der Waals surface area (Å²) in [7, 11) is 1.55. The molecule has 0 spiro atoms. The number of benzene rings is 2. The molecule has 4 aromatic rings. The van der Waals surface area contributed by atoms with Crippen LogP contribution in [0.1, 0.15) is 27.2 Å². The number of hydrogen-bond acceptors (Lipinski definition) is 7. The number of carbonyl (C=O) groups is 1. The average Bonchev–Trinajstić information content (AvgIpc) is 2.93. The van der Waals surface area contributed by atoms with Crippen molar-refractivity contribution in [3.05, 3.63) is 95.6 Å². The van der Waals surface area contributed by atoms with Crippen molar-refractivity contribution < 1.29 is 22.7 Å². The molecule has 2 aromatic heterocycles. The number of nitrogens with one attached hydrogen (secondary N) is 2. The van der Waals surface area contributed by atoms with E-state index in [4.69, 9.17) is 4.74 Å². The number of amides is 1. The summed E-state index contributed by atoms with van der Waals surface area (Å²) in [5, 5.41) is 5.86. The van der Waals surface area contributed by atoms with Crippen LogP contribution in [-0.2, 0) is 19.1 Å². The van der Waals surface area contributed by atoms with E-state index in [1.54, 1.807) is 43.9 Å². The molecule has 0 unspecified atom stereocenters. The maximum atomic E-state index is 13.1. The summed E-state index contributed by atoms with van der Waals surface area (Å²) < 4.78 is 44.7. The molecule has 11 heteroatoms. The Hall–Kier alpha value is -4.67. The summed E-state index contributed by atoms with van der Waals surface area (Å²) in [4.78, 5) is 27.9. The zero-order valence-corrected chi connectivity index (χ0v) is 20.3. The summed E-state index contributed by atoms with van der Waals surface area (Å²) in [5.41, 5.74) is 2.93. The number of alkyl halides is 3. The lowest BCUT2D eigenvalue weighted by molar-refractivity contribution is -0.137. The molecule has 1 aliphatic rings. The standard InChI is InChI=1S/C27H23F3N6O2/c1-38-24-6-5-21(33-25(37)17-3-2-4-19(13-17)27(28,29)30)14-23(24)36-12-9-22-18(16-36)15-32-26(35-22)34-20-7-10-31-11-8-20/h2-8,10-11,13-15H,9,12,16H2,1H3,(H,33,37)(H,31,32,34,35). The molecule has 2 N–H and O–H groups in total. The predicted octanol–water partition coefficient (Wildman–Crippen LogP) is 5.46. The van der Waals surface area contributed by atoms with Crippen LogP contribution in [0.5, 0.6) is 5.75 Å². The maximum Gasteiger partial charge on any atom is 0.416 e. The Kier molecular flexibility index (Phi) is 6.82. The number of methoxy groups -OCH3 is 1. The van der Waals surface area contributed by atoms with Gasteiger partial charge in [0, 0.05) is 60.6 Å². The lowest BCUT2D eigenvalue weighted by Gasteiger charge is -2.31. The molecule has 8 nitrogen and oxygen atoms in total. The van der Waals surface area contributed by atoms with Gasteiger partial charge in [0.05, 0.1) is 24.1 Å². The quantitative estimate of drug-likeness (QED) is 0.349. The van der Waals surface area contributed by atoms with Gasteiger partial charge in [-0.25, -0.2) is 9.97 Å². The molecule has 0 atom stereocenters. The largest absolute Gasteiger partial charge is 0.495 e. The van der Waals surface area contributed by atoms with Gasteiger partial charge in [0.1, 0.15) is 5.75 Å². The van der Waals surface area contributed by atoms with E-state index in [2.05, 4.69) is 30.5 Å². The first kappa shape index (κ1) is 25.0. The topological polar surface area (TPSA) is 92.3 Å². The Morgan fingerprint density at radius 3 is 2.63 bits per heavy atom. The first-order chi connectivity index (χ1) is 18.3. The lowest BCUT2D eigenvalue weighted by atomic mass is 10.1. The molecule has 0 bridgehead atoms. The van der Waals surface area contributed by atoms with Crippen molar-refractivity contribution >= 4 is 28.9 Å². The number of pyridine rings is 1. The van der Waals surface area contributed by atoms with Crippen molar-refractivity contribution in [2.24, 2.45) is 0 Å². The minimum atomic E-state index is -4.53. The van der Waals surface area contributed by atoms with Crippen LogP contribution in [0.4, 0.5) is 36.2 Å². The van der Waals surface area contributed by atoms with Crippen molar-refractivity contribution in [3.63, 3.8) is 0 Å². The summed E-state index contributed by atoms with van der Waals surface area (Å²) >= 11 is 0. The van der Waals surface area contributed by atoms with Gasteiger partial charge < -0.3 is 20.3 Å². The minimum Gasteiger partial charge on any atom is -0.495 e. The Balaban J connectivity index is 1.33. The average molecular weight is 521 g/mol. The first-order valence-corrected chi connectivity index (χ1v) is 11.7. The van der Waals surface area contributed by atoms with E-state index in [0.29, 0.717) is 36.9 Å². The highest BCUT2D eigenvalue weighted by Gasteiger charge is 2.31. The second kappa shape index (κ2) is 10.4. The first-order valence-electron chi connectivity index (χ1n) is 11.7. The van der Waals surface area contributed by atoms with E-state index in [1.807, 2.05) is 12.1 Å². The van der Waals surface area contributed by atoms with Crippen molar-refractivity contribution in [2.75, 3.05) is 29.2 Å². The van der Waals surface area contributed by atoms with Crippen molar-refractivity contribution in [1.82, 2.24) is 15.0 Å². The number of fused-ring (bicyclic) bond motifs is 1. The van der Waals surface area contributed by atoms with Gasteiger partial charge in [0.2, 0.25) is 5.95 Å². The Bertz CT molecular complexity index is 1460. The smallest absolute Gasteiger partial charge is 0.416 e. The Morgan fingerprint density at radius 1 is 1.05 bits per heavy atom. The number of carbonyl (C=O) groups excluding carboxylic acids is 1. The highest BCUT2D eigenvalue weighted by Crippen LogP contribution is 2.35. The molecule has 0 aliphatic carbocycles. The summed E-state index contributed by atoms with van der Waals surface area (Å²) in [6, 6.07) is 13.1. The van der Waals surface area contributed by atoms with Gasteiger partial charge in [0.15, 0.2) is 0 Å². The molecular formula is C27H23F3N6O2. The summed E-state index contributed by atoms with van der Waals surface area (Å²) in [6.07, 6.45) is 1.27. The molecule has 2 aromatic carbocycles. The molecule has 194 valence electrons. The summed E-state index contributed by atoms with van der Waals surface area (Å²) in [5.74, 6) is 0.460. The van der Waals surface area contributed by atoms with Gasteiger partial charge in [0.25, 0.3) is 5.91 Å². The van der Waals surface area contributed by atoms with Gasteiger partial charge in [-0.1, -0.05) is 6.07 Å². The second-order valence-corrected chi connectivity index (χ2v) is 8.62. The van der Waals surface area contributed by atoms with Gasteiger partial charge in [-0.15, -0.1) is 0 Å². The van der Waals surface area contributed by atoms with Gasteiger partial charge >= 0.3 is 6.18 Å². The van der Waals surface area contributed by atoms with Crippen molar-refractivity contribution in [3.8, 4) is 5.75 Å². The summed E-state index contributed by atoms with van der Waals surface area (Å²) in [6.45, 7) is 1.16. The van der Waals surface area contributed by atoms with Crippen LogP contribution >= 0.6 is 0 Å².